The molecule has 0 aliphatic carbocycles. The molecule has 0 aliphatic rings. The maximum atomic E-state index is 12.0. The van der Waals surface area contributed by atoms with Gasteiger partial charge in [0.2, 0.25) is 0 Å². The number of nitrogens with one attached hydrogen (secondary N) is 2. The fraction of sp³-hybridized carbons (Fsp3) is 0.176. The molecule has 1 heterocycles. The van der Waals surface area contributed by atoms with Gasteiger partial charge in [-0.3, -0.25) is 14.9 Å². The average Bonchev–Trinajstić information content (AvgIpc) is 3.16. The first-order valence-corrected chi connectivity index (χ1v) is 8.33. The number of alkyl carbamates (subject to hydrolysis) is 1. The van der Waals surface area contributed by atoms with Crippen LogP contribution in [-0.2, 0) is 14.3 Å². The normalized spacial score (nSPS) is 11.2. The van der Waals surface area contributed by atoms with E-state index in [0.29, 0.717) is 10.6 Å². The highest BCUT2D eigenvalue weighted by atomic mass is 32.1. The van der Waals surface area contributed by atoms with Crippen LogP contribution in [-0.4, -0.2) is 37.1 Å². The SMILES string of the molecule is COC(=O)NC(=O)[C@H](C)OC(=O)c1ccc(NC(=O)c2cccs2)cc1. The van der Waals surface area contributed by atoms with E-state index < -0.39 is 24.1 Å². The summed E-state index contributed by atoms with van der Waals surface area (Å²) in [6.07, 6.45) is -2.12. The second kappa shape index (κ2) is 8.77. The molecule has 1 aromatic heterocycles. The van der Waals surface area contributed by atoms with Crippen LogP contribution in [0, 0.1) is 0 Å². The number of hydrogen-bond acceptors (Lipinski definition) is 7. The third-order valence-corrected chi connectivity index (χ3v) is 4.06. The Hall–Kier alpha value is -3.20. The van der Waals surface area contributed by atoms with Crippen LogP contribution in [0.25, 0.3) is 0 Å². The molecule has 0 unspecified atom stereocenters. The zero-order chi connectivity index (χ0) is 19.1. The van der Waals surface area contributed by atoms with Crippen LogP contribution in [0.5, 0.6) is 0 Å². The van der Waals surface area contributed by atoms with E-state index in [1.165, 1.54) is 30.4 Å². The lowest BCUT2D eigenvalue weighted by molar-refractivity contribution is -0.128. The number of benzene rings is 1. The molecule has 136 valence electrons. The molecule has 9 heteroatoms. The van der Waals surface area contributed by atoms with E-state index >= 15 is 0 Å². The quantitative estimate of drug-likeness (QED) is 0.776. The van der Waals surface area contributed by atoms with Gasteiger partial charge in [0.1, 0.15) is 0 Å². The highest BCUT2D eigenvalue weighted by Gasteiger charge is 2.21. The molecular weight excluding hydrogens is 360 g/mol. The lowest BCUT2D eigenvalue weighted by atomic mass is 10.2. The fourth-order valence-corrected chi connectivity index (χ4v) is 2.44. The lowest BCUT2D eigenvalue weighted by Gasteiger charge is -2.12. The molecule has 1 aromatic carbocycles. The van der Waals surface area contributed by atoms with E-state index in [2.05, 4.69) is 10.1 Å². The minimum atomic E-state index is -1.18. The van der Waals surface area contributed by atoms with Crippen LogP contribution in [0.1, 0.15) is 27.0 Å². The Labute approximate surface area is 153 Å². The molecule has 8 nitrogen and oxygen atoms in total. The third-order valence-electron chi connectivity index (χ3n) is 3.19. The van der Waals surface area contributed by atoms with Gasteiger partial charge in [-0.2, -0.15) is 0 Å². The van der Waals surface area contributed by atoms with Crippen molar-refractivity contribution in [2.75, 3.05) is 12.4 Å². The minimum absolute atomic E-state index is 0.192. The van der Waals surface area contributed by atoms with E-state index in [1.54, 1.807) is 29.6 Å². The predicted octanol–water partition coefficient (Wildman–Crippen LogP) is 2.43. The smallest absolute Gasteiger partial charge is 0.413 e. The summed E-state index contributed by atoms with van der Waals surface area (Å²) in [4.78, 5) is 47.1. The third kappa shape index (κ3) is 5.15. The van der Waals surface area contributed by atoms with E-state index in [-0.39, 0.29) is 11.5 Å². The summed E-state index contributed by atoms with van der Waals surface area (Å²) >= 11 is 1.32. The van der Waals surface area contributed by atoms with Gasteiger partial charge in [-0.15, -0.1) is 11.3 Å². The second-order valence-electron chi connectivity index (χ2n) is 5.04. The number of esters is 1. The van der Waals surface area contributed by atoms with Crippen molar-refractivity contribution in [1.82, 2.24) is 5.32 Å². The van der Waals surface area contributed by atoms with Crippen LogP contribution in [0.2, 0.25) is 0 Å². The van der Waals surface area contributed by atoms with Crippen molar-refractivity contribution in [3.8, 4) is 0 Å². The number of imide groups is 1. The summed E-state index contributed by atoms with van der Waals surface area (Å²) in [5.74, 6) is -1.79. The van der Waals surface area contributed by atoms with Gasteiger partial charge < -0.3 is 14.8 Å². The van der Waals surface area contributed by atoms with Gasteiger partial charge in [-0.05, 0) is 42.6 Å². The summed E-state index contributed by atoms with van der Waals surface area (Å²) in [6.45, 7) is 1.33. The Morgan fingerprint density at radius 1 is 1.08 bits per heavy atom. The largest absolute Gasteiger partial charge is 0.453 e. The van der Waals surface area contributed by atoms with E-state index in [0.717, 1.165) is 7.11 Å². The van der Waals surface area contributed by atoms with Crippen molar-refractivity contribution in [2.45, 2.75) is 13.0 Å². The van der Waals surface area contributed by atoms with Gasteiger partial charge in [0.25, 0.3) is 11.8 Å². The van der Waals surface area contributed by atoms with Crippen LogP contribution in [0.3, 0.4) is 0 Å². The molecule has 1 atom stereocenters. The molecule has 2 aromatic rings. The molecule has 2 rings (SSSR count). The van der Waals surface area contributed by atoms with Crippen molar-refractivity contribution in [1.29, 1.82) is 0 Å². The Kier molecular flexibility index (Phi) is 6.45. The van der Waals surface area contributed by atoms with E-state index in [9.17, 15) is 19.2 Å². The number of thiophene rings is 1. The summed E-state index contributed by atoms with van der Waals surface area (Å²) in [7, 11) is 1.11. The molecular formula is C17H16N2O6S. The van der Waals surface area contributed by atoms with Crippen LogP contribution < -0.4 is 10.6 Å². The highest BCUT2D eigenvalue weighted by molar-refractivity contribution is 7.12. The lowest BCUT2D eigenvalue weighted by Crippen LogP contribution is -2.39. The average molecular weight is 376 g/mol. The van der Waals surface area contributed by atoms with Gasteiger partial charge >= 0.3 is 12.1 Å². The maximum Gasteiger partial charge on any atom is 0.413 e. The molecule has 0 bridgehead atoms. The van der Waals surface area contributed by atoms with E-state index in [1.807, 2.05) is 5.32 Å². The standard InChI is InChI=1S/C17H16N2O6S/c1-10(14(20)19-17(23)24-2)25-16(22)11-5-7-12(8-6-11)18-15(21)13-4-3-9-26-13/h3-10H,1-2H3,(H,18,21)(H,19,20,23)/t10-/m0/s1. The monoisotopic (exact) mass is 376 g/mol. The zero-order valence-corrected chi connectivity index (χ0v) is 14.8. The first-order chi connectivity index (χ1) is 12.4. The minimum Gasteiger partial charge on any atom is -0.453 e. The molecule has 2 N–H and O–H groups in total. The molecule has 0 radical (unpaired) electrons. The van der Waals surface area contributed by atoms with Gasteiger partial charge in [-0.1, -0.05) is 6.07 Å². The highest BCUT2D eigenvalue weighted by Crippen LogP contribution is 2.15. The number of hydrogen-bond donors (Lipinski definition) is 2. The second-order valence-corrected chi connectivity index (χ2v) is 5.98. The number of carbonyl (C=O) groups is 4. The van der Waals surface area contributed by atoms with Gasteiger partial charge in [0.15, 0.2) is 6.10 Å². The number of carbonyl (C=O) groups excluding carboxylic acids is 4. The Balaban J connectivity index is 1.92. The van der Waals surface area contributed by atoms with Gasteiger partial charge in [0.05, 0.1) is 17.6 Å². The molecule has 0 spiro atoms. The zero-order valence-electron chi connectivity index (χ0n) is 14.0. The van der Waals surface area contributed by atoms with Crippen molar-refractivity contribution < 1.29 is 28.7 Å². The number of rotatable bonds is 5. The Morgan fingerprint density at radius 2 is 1.77 bits per heavy atom. The van der Waals surface area contributed by atoms with Crippen molar-refractivity contribution in [3.05, 3.63) is 52.2 Å². The summed E-state index contributed by atoms with van der Waals surface area (Å²) in [5.41, 5.74) is 0.702. The molecule has 0 saturated carbocycles. The van der Waals surface area contributed by atoms with Gasteiger partial charge in [-0.25, -0.2) is 9.59 Å². The summed E-state index contributed by atoms with van der Waals surface area (Å²) in [6, 6.07) is 9.47. The van der Waals surface area contributed by atoms with Crippen LogP contribution >= 0.6 is 11.3 Å². The topological polar surface area (TPSA) is 111 Å². The Bertz CT molecular complexity index is 801. The Morgan fingerprint density at radius 3 is 2.35 bits per heavy atom. The first-order valence-electron chi connectivity index (χ1n) is 7.45. The summed E-state index contributed by atoms with van der Waals surface area (Å²) in [5, 5.41) is 6.40. The number of anilines is 1. The molecule has 0 fully saturated rings. The van der Waals surface area contributed by atoms with E-state index in [4.69, 9.17) is 4.74 Å². The van der Waals surface area contributed by atoms with Crippen LogP contribution in [0.4, 0.5) is 10.5 Å². The maximum absolute atomic E-state index is 12.0. The van der Waals surface area contributed by atoms with Crippen LogP contribution in [0.15, 0.2) is 41.8 Å². The number of ether oxygens (including phenoxy) is 2. The number of amides is 3. The molecule has 0 aliphatic heterocycles. The molecule has 0 saturated heterocycles. The van der Waals surface area contributed by atoms with Gasteiger partial charge in [0, 0.05) is 5.69 Å². The first kappa shape index (κ1) is 19.1. The predicted molar refractivity (Wildman–Crippen MR) is 94.1 cm³/mol. The van der Waals surface area contributed by atoms with Crippen molar-refractivity contribution in [3.63, 3.8) is 0 Å². The van der Waals surface area contributed by atoms with Crippen molar-refractivity contribution in [2.24, 2.45) is 0 Å². The summed E-state index contributed by atoms with van der Waals surface area (Å²) < 4.78 is 9.27. The van der Waals surface area contributed by atoms with Crippen molar-refractivity contribution >= 4 is 40.9 Å². The molecule has 26 heavy (non-hydrogen) atoms. The number of methoxy groups -OCH3 is 1. The fourth-order valence-electron chi connectivity index (χ4n) is 1.83. The molecule has 3 amide bonds.